The number of benzene rings is 1. The van der Waals surface area contributed by atoms with Crippen LogP contribution < -0.4 is 10.6 Å². The van der Waals surface area contributed by atoms with E-state index in [0.29, 0.717) is 24.8 Å². The minimum absolute atomic E-state index is 0.0248. The van der Waals surface area contributed by atoms with Crippen LogP contribution in [0.15, 0.2) is 30.3 Å². The number of amides is 1. The first kappa shape index (κ1) is 25.7. The number of hydrogen-bond acceptors (Lipinski definition) is 5. The summed E-state index contributed by atoms with van der Waals surface area (Å²) >= 11 is 0. The number of aliphatic carboxylic acids is 1. The molecule has 2 aliphatic rings. The maximum atomic E-state index is 13.2. The van der Waals surface area contributed by atoms with Gasteiger partial charge in [0.1, 0.15) is 0 Å². The summed E-state index contributed by atoms with van der Waals surface area (Å²) in [4.78, 5) is 26.6. The number of likely N-dealkylation sites (tertiary alicyclic amines) is 1. The number of nitrogens with zero attached hydrogens (tertiary/aromatic N) is 1. The number of β-amino-alcohol motifs (C(OH)–C–C–N with tert-alkyl or cyclic N) is 1. The first-order chi connectivity index (χ1) is 15.6. The van der Waals surface area contributed by atoms with Gasteiger partial charge in [0.15, 0.2) is 0 Å². The summed E-state index contributed by atoms with van der Waals surface area (Å²) in [6.45, 7) is 6.90. The van der Waals surface area contributed by atoms with Gasteiger partial charge in [-0.05, 0) is 57.4 Å². The summed E-state index contributed by atoms with van der Waals surface area (Å²) in [5, 5.41) is 26.6. The average molecular weight is 460 g/mol. The fourth-order valence-corrected chi connectivity index (χ4v) is 5.43. The fourth-order valence-electron chi connectivity index (χ4n) is 5.43. The topological polar surface area (TPSA) is 102 Å². The molecule has 1 amide bonds. The highest BCUT2D eigenvalue weighted by atomic mass is 16.4. The van der Waals surface area contributed by atoms with Crippen LogP contribution in [0.3, 0.4) is 0 Å². The summed E-state index contributed by atoms with van der Waals surface area (Å²) in [6, 6.07) is 9.10. The minimum Gasteiger partial charge on any atom is -0.480 e. The van der Waals surface area contributed by atoms with Crippen molar-refractivity contribution in [2.75, 3.05) is 19.6 Å². The van der Waals surface area contributed by atoms with Crippen LogP contribution in [0.1, 0.15) is 58.4 Å². The second kappa shape index (κ2) is 11.4. The van der Waals surface area contributed by atoms with Gasteiger partial charge in [-0.15, -0.1) is 0 Å². The molecule has 0 aromatic heterocycles. The van der Waals surface area contributed by atoms with E-state index in [1.807, 2.05) is 51.1 Å². The molecule has 1 aliphatic carbocycles. The molecule has 0 spiro atoms. The molecule has 1 aromatic carbocycles. The SMILES string of the molecule is CC(C)(C)NC(=O)C1CC2CCCCC2CN1CC(O)C(Cc1ccccc1)NCC(=O)O. The molecule has 33 heavy (non-hydrogen) atoms. The Bertz CT molecular complexity index is 779. The molecule has 5 atom stereocenters. The lowest BCUT2D eigenvalue weighted by molar-refractivity contribution is -0.136. The largest absolute Gasteiger partial charge is 0.480 e. The second-order valence-electron chi connectivity index (χ2n) is 10.9. The Morgan fingerprint density at radius 2 is 1.79 bits per heavy atom. The molecule has 7 heteroatoms. The summed E-state index contributed by atoms with van der Waals surface area (Å²) in [5.74, 6) is 0.194. The van der Waals surface area contributed by atoms with Crippen LogP contribution in [0.5, 0.6) is 0 Å². The number of carboxylic acid groups (broad SMARTS) is 1. The maximum Gasteiger partial charge on any atom is 0.317 e. The third-order valence-electron chi connectivity index (χ3n) is 7.00. The van der Waals surface area contributed by atoms with Crippen LogP contribution in [-0.2, 0) is 16.0 Å². The predicted molar refractivity (Wildman–Crippen MR) is 129 cm³/mol. The molecule has 0 radical (unpaired) electrons. The molecular weight excluding hydrogens is 418 g/mol. The smallest absolute Gasteiger partial charge is 0.317 e. The number of carbonyl (C=O) groups excluding carboxylic acids is 1. The van der Waals surface area contributed by atoms with Crippen molar-refractivity contribution >= 4 is 11.9 Å². The first-order valence-corrected chi connectivity index (χ1v) is 12.4. The minimum atomic E-state index is -0.953. The van der Waals surface area contributed by atoms with E-state index in [1.165, 1.54) is 25.7 Å². The lowest BCUT2D eigenvalue weighted by atomic mass is 9.72. The quantitative estimate of drug-likeness (QED) is 0.452. The molecule has 3 rings (SSSR count). The Hall–Kier alpha value is -1.96. The van der Waals surface area contributed by atoms with Crippen molar-refractivity contribution in [2.24, 2.45) is 11.8 Å². The molecule has 5 unspecified atom stereocenters. The molecular formula is C26H41N3O4. The van der Waals surface area contributed by atoms with Crippen LogP contribution in [0, 0.1) is 11.8 Å². The normalized spacial score (nSPS) is 25.6. The van der Waals surface area contributed by atoms with Crippen molar-refractivity contribution in [3.8, 4) is 0 Å². The molecule has 4 N–H and O–H groups in total. The standard InChI is InChI=1S/C26H41N3O4/c1-26(2,3)28-25(33)22-14-19-11-7-8-12-20(19)16-29(22)17-23(30)21(27-15-24(31)32)13-18-9-5-4-6-10-18/h4-6,9-10,19-23,27,30H,7-8,11-17H2,1-3H3,(H,28,33)(H,31,32). The zero-order valence-electron chi connectivity index (χ0n) is 20.3. The van der Waals surface area contributed by atoms with E-state index >= 15 is 0 Å². The van der Waals surface area contributed by atoms with Gasteiger partial charge in [-0.25, -0.2) is 0 Å². The third-order valence-corrected chi connectivity index (χ3v) is 7.00. The number of fused-ring (bicyclic) bond motifs is 1. The Morgan fingerprint density at radius 3 is 2.42 bits per heavy atom. The van der Waals surface area contributed by atoms with Gasteiger partial charge in [0.25, 0.3) is 0 Å². The number of aliphatic hydroxyl groups is 1. The number of rotatable bonds is 9. The van der Waals surface area contributed by atoms with E-state index < -0.39 is 18.1 Å². The van der Waals surface area contributed by atoms with Gasteiger partial charge in [0.2, 0.25) is 5.91 Å². The summed E-state index contributed by atoms with van der Waals surface area (Å²) in [6.07, 6.45) is 5.36. The first-order valence-electron chi connectivity index (χ1n) is 12.4. The van der Waals surface area contributed by atoms with Crippen molar-refractivity contribution in [1.82, 2.24) is 15.5 Å². The van der Waals surface area contributed by atoms with Crippen LogP contribution in [0.25, 0.3) is 0 Å². The maximum absolute atomic E-state index is 13.2. The second-order valence-corrected chi connectivity index (χ2v) is 10.9. The Kier molecular flexibility index (Phi) is 8.90. The van der Waals surface area contributed by atoms with E-state index in [2.05, 4.69) is 15.5 Å². The van der Waals surface area contributed by atoms with E-state index in [-0.39, 0.29) is 24.0 Å². The highest BCUT2D eigenvalue weighted by molar-refractivity contribution is 5.82. The third kappa shape index (κ3) is 7.80. The van der Waals surface area contributed by atoms with E-state index in [9.17, 15) is 19.8 Å². The lowest BCUT2D eigenvalue weighted by Gasteiger charge is -2.47. The Morgan fingerprint density at radius 1 is 1.12 bits per heavy atom. The molecule has 1 saturated heterocycles. The predicted octanol–water partition coefficient (Wildman–Crippen LogP) is 2.43. The summed E-state index contributed by atoms with van der Waals surface area (Å²) in [7, 11) is 0. The zero-order chi connectivity index (χ0) is 24.0. The Balaban J connectivity index is 1.75. The number of nitrogens with one attached hydrogen (secondary N) is 2. The van der Waals surface area contributed by atoms with Gasteiger partial charge in [-0.3, -0.25) is 14.5 Å². The monoisotopic (exact) mass is 459 g/mol. The van der Waals surface area contributed by atoms with Gasteiger partial charge in [0, 0.05) is 24.7 Å². The number of aliphatic hydroxyl groups excluding tert-OH is 1. The number of piperidine rings is 1. The molecule has 1 heterocycles. The van der Waals surface area contributed by atoms with Crippen molar-refractivity contribution in [3.05, 3.63) is 35.9 Å². The van der Waals surface area contributed by atoms with Gasteiger partial charge in [0.05, 0.1) is 18.7 Å². The molecule has 2 fully saturated rings. The number of hydrogen-bond donors (Lipinski definition) is 4. The number of carbonyl (C=O) groups is 2. The van der Waals surface area contributed by atoms with Gasteiger partial charge in [-0.1, -0.05) is 49.6 Å². The van der Waals surface area contributed by atoms with Crippen LogP contribution in [0.4, 0.5) is 0 Å². The summed E-state index contributed by atoms with van der Waals surface area (Å²) in [5.41, 5.74) is 0.719. The molecule has 184 valence electrons. The average Bonchev–Trinajstić information content (AvgIpc) is 2.75. The van der Waals surface area contributed by atoms with Crippen LogP contribution in [0.2, 0.25) is 0 Å². The fraction of sp³-hybridized carbons (Fsp3) is 0.692. The van der Waals surface area contributed by atoms with Crippen molar-refractivity contribution in [2.45, 2.75) is 83.0 Å². The van der Waals surface area contributed by atoms with Gasteiger partial charge >= 0.3 is 5.97 Å². The van der Waals surface area contributed by atoms with Crippen LogP contribution >= 0.6 is 0 Å². The van der Waals surface area contributed by atoms with Crippen molar-refractivity contribution in [3.63, 3.8) is 0 Å². The highest BCUT2D eigenvalue weighted by Gasteiger charge is 2.41. The van der Waals surface area contributed by atoms with Crippen molar-refractivity contribution < 1.29 is 19.8 Å². The Labute approximate surface area is 197 Å². The highest BCUT2D eigenvalue weighted by Crippen LogP contribution is 2.38. The molecule has 1 aromatic rings. The molecule has 7 nitrogen and oxygen atoms in total. The van der Waals surface area contributed by atoms with E-state index in [0.717, 1.165) is 18.5 Å². The summed E-state index contributed by atoms with van der Waals surface area (Å²) < 4.78 is 0. The molecule has 1 aliphatic heterocycles. The van der Waals surface area contributed by atoms with Crippen molar-refractivity contribution in [1.29, 1.82) is 0 Å². The van der Waals surface area contributed by atoms with Gasteiger partial charge in [-0.2, -0.15) is 0 Å². The van der Waals surface area contributed by atoms with Gasteiger partial charge < -0.3 is 20.8 Å². The zero-order valence-corrected chi connectivity index (χ0v) is 20.3. The lowest BCUT2D eigenvalue weighted by Crippen LogP contribution is -2.60. The van der Waals surface area contributed by atoms with E-state index in [1.54, 1.807) is 0 Å². The van der Waals surface area contributed by atoms with E-state index in [4.69, 9.17) is 0 Å². The van der Waals surface area contributed by atoms with Crippen LogP contribution in [-0.4, -0.2) is 70.4 Å². The number of carboxylic acids is 1. The molecule has 0 bridgehead atoms. The molecule has 1 saturated carbocycles.